The third kappa shape index (κ3) is 9.53. The number of nitrogens with one attached hydrogen (secondary N) is 3. The van der Waals surface area contributed by atoms with E-state index < -0.39 is 17.1 Å². The number of para-hydroxylation sites is 1. The van der Waals surface area contributed by atoms with Gasteiger partial charge in [0.1, 0.15) is 22.4 Å². The van der Waals surface area contributed by atoms with Crippen LogP contribution in [0.2, 0.25) is 5.02 Å². The molecular weight excluding hydrogens is 658 g/mol. The number of thioether (sulfide) groups is 1. The molecule has 0 aromatic heterocycles. The zero-order valence-corrected chi connectivity index (χ0v) is 28.4. The van der Waals surface area contributed by atoms with Gasteiger partial charge in [-0.1, -0.05) is 78.3 Å². The van der Waals surface area contributed by atoms with Crippen molar-refractivity contribution in [1.29, 1.82) is 0 Å². The van der Waals surface area contributed by atoms with Crippen LogP contribution < -0.4 is 25.4 Å². The summed E-state index contributed by atoms with van der Waals surface area (Å²) in [7, 11) is 1.53. The Kier molecular flexibility index (Phi) is 12.1. The lowest BCUT2D eigenvalue weighted by atomic mass is 10.1. The minimum absolute atomic E-state index is 0.0407. The Morgan fingerprint density at radius 2 is 1.43 bits per heavy atom. The molecule has 10 heteroatoms. The topological polar surface area (TPSA) is 106 Å². The summed E-state index contributed by atoms with van der Waals surface area (Å²) in [4.78, 5) is 41.1. The molecule has 0 heterocycles. The Bertz CT molecular complexity index is 1940. The molecule has 3 amide bonds. The van der Waals surface area contributed by atoms with Gasteiger partial charge in [0.05, 0.1) is 18.7 Å². The number of benzene rings is 5. The lowest BCUT2D eigenvalue weighted by molar-refractivity contribution is -0.116. The van der Waals surface area contributed by atoms with E-state index in [1.807, 2.05) is 73.7 Å². The molecule has 0 saturated heterocycles. The SMILES string of the molecule is CCOc1ccccc1/C=C(\NC(=O)c1ccccc1)C(=O)Nc1ccc(SC(C(=O)Nc2ccc(OC)c(Cl)c2)c2ccccc2)cc1. The molecule has 0 radical (unpaired) electrons. The average Bonchev–Trinajstić information content (AvgIpc) is 3.12. The van der Waals surface area contributed by atoms with Gasteiger partial charge in [-0.3, -0.25) is 14.4 Å². The first-order chi connectivity index (χ1) is 23.8. The van der Waals surface area contributed by atoms with E-state index in [2.05, 4.69) is 16.0 Å². The first kappa shape index (κ1) is 34.8. The number of hydrogen-bond donors (Lipinski definition) is 3. The van der Waals surface area contributed by atoms with E-state index in [1.54, 1.807) is 66.7 Å². The minimum Gasteiger partial charge on any atom is -0.495 e. The van der Waals surface area contributed by atoms with Crippen molar-refractivity contribution in [2.45, 2.75) is 17.1 Å². The fourth-order valence-corrected chi connectivity index (χ4v) is 6.07. The summed E-state index contributed by atoms with van der Waals surface area (Å²) in [6, 6.07) is 37.6. The summed E-state index contributed by atoms with van der Waals surface area (Å²) in [5.74, 6) is -0.0818. The molecule has 1 atom stereocenters. The number of rotatable bonds is 13. The van der Waals surface area contributed by atoms with Gasteiger partial charge in [-0.25, -0.2) is 0 Å². The molecule has 49 heavy (non-hydrogen) atoms. The molecule has 0 aliphatic rings. The van der Waals surface area contributed by atoms with E-state index >= 15 is 0 Å². The van der Waals surface area contributed by atoms with Crippen molar-refractivity contribution >= 4 is 58.5 Å². The standard InChI is InChI=1S/C39H34ClN3O5S/c1-3-48-34-17-11-10-16-28(34)24-33(43-37(44)27-14-8-5-9-15-27)38(45)41-29-18-21-31(22-19-29)49-36(26-12-6-4-7-13-26)39(46)42-30-20-23-35(47-2)32(40)25-30/h4-25,36H,3H2,1-2H3,(H,41,45)(H,42,46)(H,43,44)/b33-24-. The van der Waals surface area contributed by atoms with Crippen LogP contribution in [0.25, 0.3) is 6.08 Å². The molecule has 0 spiro atoms. The van der Waals surface area contributed by atoms with Crippen LogP contribution in [0.4, 0.5) is 11.4 Å². The maximum absolute atomic E-state index is 13.6. The first-order valence-corrected chi connectivity index (χ1v) is 16.7. The molecule has 0 fully saturated rings. The number of carbonyl (C=O) groups is 3. The van der Waals surface area contributed by atoms with Gasteiger partial charge < -0.3 is 25.4 Å². The summed E-state index contributed by atoms with van der Waals surface area (Å²) in [6.07, 6.45) is 1.59. The monoisotopic (exact) mass is 691 g/mol. The molecule has 248 valence electrons. The number of ether oxygens (including phenoxy) is 2. The van der Waals surface area contributed by atoms with Gasteiger partial charge >= 0.3 is 0 Å². The summed E-state index contributed by atoms with van der Waals surface area (Å²) in [5.41, 5.74) is 2.95. The molecule has 5 aromatic rings. The second kappa shape index (κ2) is 17.1. The fraction of sp³-hybridized carbons (Fsp3) is 0.103. The molecule has 0 aliphatic heterocycles. The smallest absolute Gasteiger partial charge is 0.272 e. The van der Waals surface area contributed by atoms with Crippen LogP contribution in [0.3, 0.4) is 0 Å². The van der Waals surface area contributed by atoms with Gasteiger partial charge in [-0.2, -0.15) is 0 Å². The van der Waals surface area contributed by atoms with Crippen LogP contribution in [0.1, 0.15) is 33.7 Å². The summed E-state index contributed by atoms with van der Waals surface area (Å²) in [6.45, 7) is 2.31. The molecular formula is C39H34ClN3O5S. The zero-order chi connectivity index (χ0) is 34.6. The van der Waals surface area contributed by atoms with E-state index in [9.17, 15) is 14.4 Å². The highest BCUT2D eigenvalue weighted by atomic mass is 35.5. The van der Waals surface area contributed by atoms with Crippen molar-refractivity contribution in [2.24, 2.45) is 0 Å². The molecule has 0 bridgehead atoms. The van der Waals surface area contributed by atoms with Gasteiger partial charge in [-0.15, -0.1) is 11.8 Å². The van der Waals surface area contributed by atoms with Crippen LogP contribution in [-0.4, -0.2) is 31.4 Å². The average molecular weight is 692 g/mol. The van der Waals surface area contributed by atoms with Gasteiger partial charge in [-0.05, 0) is 79.2 Å². The van der Waals surface area contributed by atoms with Crippen molar-refractivity contribution in [3.8, 4) is 11.5 Å². The Labute approximate surface area is 294 Å². The third-order valence-corrected chi connectivity index (χ3v) is 8.74. The van der Waals surface area contributed by atoms with Crippen molar-refractivity contribution in [2.75, 3.05) is 24.4 Å². The number of methoxy groups -OCH3 is 1. The maximum atomic E-state index is 13.6. The summed E-state index contributed by atoms with van der Waals surface area (Å²) < 4.78 is 11.0. The van der Waals surface area contributed by atoms with Crippen LogP contribution in [0, 0.1) is 0 Å². The predicted molar refractivity (Wildman–Crippen MR) is 196 cm³/mol. The van der Waals surface area contributed by atoms with Crippen molar-refractivity contribution in [1.82, 2.24) is 5.32 Å². The van der Waals surface area contributed by atoms with E-state index in [1.165, 1.54) is 18.9 Å². The molecule has 0 saturated carbocycles. The highest BCUT2D eigenvalue weighted by Gasteiger charge is 2.23. The molecule has 5 aromatic carbocycles. The highest BCUT2D eigenvalue weighted by molar-refractivity contribution is 8.00. The number of halogens is 1. The maximum Gasteiger partial charge on any atom is 0.272 e. The lowest BCUT2D eigenvalue weighted by Crippen LogP contribution is -2.30. The Balaban J connectivity index is 1.34. The largest absolute Gasteiger partial charge is 0.495 e. The summed E-state index contributed by atoms with van der Waals surface area (Å²) >= 11 is 7.65. The van der Waals surface area contributed by atoms with Crippen molar-refractivity contribution < 1.29 is 23.9 Å². The van der Waals surface area contributed by atoms with Gasteiger partial charge in [0.15, 0.2) is 0 Å². The summed E-state index contributed by atoms with van der Waals surface area (Å²) in [5, 5.41) is 8.39. The molecule has 1 unspecified atom stereocenters. The molecule has 5 rings (SSSR count). The number of carbonyl (C=O) groups excluding carboxylic acids is 3. The predicted octanol–water partition coefficient (Wildman–Crippen LogP) is 8.63. The Hall–Kier alpha value is -5.51. The van der Waals surface area contributed by atoms with Crippen LogP contribution in [-0.2, 0) is 9.59 Å². The lowest BCUT2D eigenvalue weighted by Gasteiger charge is -2.18. The second-order valence-corrected chi connectivity index (χ2v) is 12.2. The number of anilines is 2. The number of amides is 3. The molecule has 0 aliphatic carbocycles. The van der Waals surface area contributed by atoms with Crippen molar-refractivity contribution in [3.63, 3.8) is 0 Å². The first-order valence-electron chi connectivity index (χ1n) is 15.4. The van der Waals surface area contributed by atoms with Crippen LogP contribution in [0.5, 0.6) is 11.5 Å². The quantitative estimate of drug-likeness (QED) is 0.0843. The second-order valence-electron chi connectivity index (χ2n) is 10.6. The van der Waals surface area contributed by atoms with Gasteiger partial charge in [0.25, 0.3) is 11.8 Å². The molecule has 8 nitrogen and oxygen atoms in total. The van der Waals surface area contributed by atoms with E-state index in [4.69, 9.17) is 21.1 Å². The van der Waals surface area contributed by atoms with Crippen LogP contribution in [0.15, 0.2) is 138 Å². The Morgan fingerprint density at radius 1 is 0.776 bits per heavy atom. The van der Waals surface area contributed by atoms with E-state index in [0.717, 1.165) is 10.5 Å². The highest BCUT2D eigenvalue weighted by Crippen LogP contribution is 2.37. The fourth-order valence-electron chi connectivity index (χ4n) is 4.79. The van der Waals surface area contributed by atoms with Crippen LogP contribution >= 0.6 is 23.4 Å². The normalized spacial score (nSPS) is 11.6. The number of hydrogen-bond acceptors (Lipinski definition) is 6. The Morgan fingerprint density at radius 3 is 2.10 bits per heavy atom. The third-order valence-electron chi connectivity index (χ3n) is 7.17. The van der Waals surface area contributed by atoms with Gasteiger partial charge in [0.2, 0.25) is 5.91 Å². The molecule has 3 N–H and O–H groups in total. The minimum atomic E-state index is -0.587. The zero-order valence-electron chi connectivity index (χ0n) is 26.8. The van der Waals surface area contributed by atoms with E-state index in [0.29, 0.717) is 45.6 Å². The van der Waals surface area contributed by atoms with E-state index in [-0.39, 0.29) is 11.6 Å². The van der Waals surface area contributed by atoms with Gasteiger partial charge in [0, 0.05) is 27.4 Å². The van der Waals surface area contributed by atoms with Crippen molar-refractivity contribution in [3.05, 3.63) is 155 Å².